The Labute approximate surface area is 185 Å². The Bertz CT molecular complexity index is 1020. The average molecular weight is 438 g/mol. The monoisotopic (exact) mass is 437 g/mol. The molecule has 1 saturated heterocycles. The first kappa shape index (κ1) is 22.4. The maximum Gasteiger partial charge on any atom is 0.230 e. The van der Waals surface area contributed by atoms with Crippen molar-refractivity contribution in [2.24, 2.45) is 0 Å². The van der Waals surface area contributed by atoms with E-state index in [1.807, 2.05) is 17.0 Å². The number of thioether (sulfide) groups is 1. The van der Waals surface area contributed by atoms with Crippen molar-refractivity contribution in [2.45, 2.75) is 11.4 Å². The minimum Gasteiger partial charge on any atom is -0.491 e. The van der Waals surface area contributed by atoms with E-state index in [0.717, 1.165) is 25.1 Å². The van der Waals surface area contributed by atoms with Crippen molar-refractivity contribution in [1.29, 1.82) is 10.5 Å². The summed E-state index contributed by atoms with van der Waals surface area (Å²) >= 11 is 1.19. The first-order chi connectivity index (χ1) is 15.1. The standard InChI is InChI=1S/C22H23N5O3S/c1-25-19(28)14-31-22-18(13-24)20(17(12-23)21(26-22)27-8-3-9-27)15-4-6-16(7-5-15)30-11-10-29-2/h4-7H,3,8-11,14H2,1-2H3,(H,25,28). The van der Waals surface area contributed by atoms with Gasteiger partial charge in [-0.15, -0.1) is 0 Å². The van der Waals surface area contributed by atoms with Crippen LogP contribution in [0.1, 0.15) is 17.5 Å². The van der Waals surface area contributed by atoms with Gasteiger partial charge in [-0.1, -0.05) is 23.9 Å². The van der Waals surface area contributed by atoms with Crippen LogP contribution >= 0.6 is 11.8 Å². The Morgan fingerprint density at radius 2 is 1.90 bits per heavy atom. The molecule has 1 fully saturated rings. The van der Waals surface area contributed by atoms with Crippen molar-refractivity contribution >= 4 is 23.5 Å². The highest BCUT2D eigenvalue weighted by atomic mass is 32.2. The number of anilines is 1. The third-order valence-electron chi connectivity index (χ3n) is 4.84. The molecule has 1 aliphatic heterocycles. The number of pyridine rings is 1. The Balaban J connectivity index is 2.07. The van der Waals surface area contributed by atoms with Crippen LogP contribution in [0.2, 0.25) is 0 Å². The molecule has 0 unspecified atom stereocenters. The molecule has 2 heterocycles. The zero-order valence-electron chi connectivity index (χ0n) is 17.5. The molecule has 1 aromatic carbocycles. The normalized spacial score (nSPS) is 12.5. The highest BCUT2D eigenvalue weighted by Gasteiger charge is 2.27. The summed E-state index contributed by atoms with van der Waals surface area (Å²) in [5, 5.41) is 22.9. The zero-order chi connectivity index (χ0) is 22.2. The van der Waals surface area contributed by atoms with Gasteiger partial charge < -0.3 is 19.7 Å². The average Bonchev–Trinajstić information content (AvgIpc) is 2.76. The predicted molar refractivity (Wildman–Crippen MR) is 118 cm³/mol. The SMILES string of the molecule is CNC(=O)CSc1nc(N2CCC2)c(C#N)c(-c2ccc(OCCOC)cc2)c1C#N. The predicted octanol–water partition coefficient (Wildman–Crippen LogP) is 2.57. The lowest BCUT2D eigenvalue weighted by atomic mass is 9.96. The topological polar surface area (TPSA) is 111 Å². The van der Waals surface area contributed by atoms with Crippen molar-refractivity contribution in [3.05, 3.63) is 35.4 Å². The van der Waals surface area contributed by atoms with Crippen LogP contribution in [0.25, 0.3) is 11.1 Å². The number of carbonyl (C=O) groups is 1. The highest BCUT2D eigenvalue weighted by molar-refractivity contribution is 8.00. The molecule has 0 atom stereocenters. The van der Waals surface area contributed by atoms with E-state index in [1.54, 1.807) is 26.3 Å². The highest BCUT2D eigenvalue weighted by Crippen LogP contribution is 2.39. The zero-order valence-corrected chi connectivity index (χ0v) is 18.3. The van der Waals surface area contributed by atoms with Gasteiger partial charge in [-0.05, 0) is 24.1 Å². The number of methoxy groups -OCH3 is 1. The van der Waals surface area contributed by atoms with Gasteiger partial charge in [0, 0.05) is 32.8 Å². The number of carbonyl (C=O) groups excluding carboxylic acids is 1. The second-order valence-electron chi connectivity index (χ2n) is 6.76. The number of ether oxygens (including phenoxy) is 2. The number of nitrogens with zero attached hydrogens (tertiary/aromatic N) is 4. The van der Waals surface area contributed by atoms with E-state index in [9.17, 15) is 15.3 Å². The first-order valence-corrected chi connectivity index (χ1v) is 10.8. The molecule has 0 saturated carbocycles. The van der Waals surface area contributed by atoms with Crippen LogP contribution in [0.15, 0.2) is 29.3 Å². The van der Waals surface area contributed by atoms with Crippen molar-refractivity contribution in [3.8, 4) is 29.0 Å². The van der Waals surface area contributed by atoms with Gasteiger partial charge in [0.05, 0.1) is 17.9 Å². The molecule has 9 heteroatoms. The fourth-order valence-corrected chi connectivity index (χ4v) is 3.93. The summed E-state index contributed by atoms with van der Waals surface area (Å²) in [4.78, 5) is 18.4. The molecular weight excluding hydrogens is 414 g/mol. The molecule has 0 radical (unpaired) electrons. The van der Waals surface area contributed by atoms with E-state index >= 15 is 0 Å². The van der Waals surface area contributed by atoms with E-state index in [-0.39, 0.29) is 11.7 Å². The quantitative estimate of drug-likeness (QED) is 0.471. The largest absolute Gasteiger partial charge is 0.491 e. The number of amides is 1. The van der Waals surface area contributed by atoms with E-state index in [1.165, 1.54) is 11.8 Å². The van der Waals surface area contributed by atoms with Gasteiger partial charge in [-0.3, -0.25) is 4.79 Å². The van der Waals surface area contributed by atoms with Gasteiger partial charge in [-0.25, -0.2) is 4.98 Å². The van der Waals surface area contributed by atoms with E-state index in [2.05, 4.69) is 22.4 Å². The van der Waals surface area contributed by atoms with Crippen LogP contribution in [0.3, 0.4) is 0 Å². The van der Waals surface area contributed by atoms with Gasteiger partial charge in [0.2, 0.25) is 5.91 Å². The fraction of sp³-hybridized carbons (Fsp3) is 0.364. The molecule has 2 aromatic rings. The molecule has 160 valence electrons. The summed E-state index contributed by atoms with van der Waals surface area (Å²) in [5.41, 5.74) is 1.92. The van der Waals surface area contributed by atoms with E-state index in [4.69, 9.17) is 9.47 Å². The number of nitriles is 2. The number of hydrogen-bond donors (Lipinski definition) is 1. The third-order valence-corrected chi connectivity index (χ3v) is 5.82. The second-order valence-corrected chi connectivity index (χ2v) is 7.72. The Kier molecular flexibility index (Phi) is 7.71. The van der Waals surface area contributed by atoms with Gasteiger partial charge in [-0.2, -0.15) is 10.5 Å². The molecule has 31 heavy (non-hydrogen) atoms. The molecule has 3 rings (SSSR count). The van der Waals surface area contributed by atoms with Crippen LogP contribution in [-0.2, 0) is 9.53 Å². The van der Waals surface area contributed by atoms with Crippen molar-refractivity contribution in [3.63, 3.8) is 0 Å². The van der Waals surface area contributed by atoms with Crippen molar-refractivity contribution < 1.29 is 14.3 Å². The maximum atomic E-state index is 11.8. The minimum absolute atomic E-state index is 0.134. The molecule has 0 aliphatic carbocycles. The van der Waals surface area contributed by atoms with Gasteiger partial charge >= 0.3 is 0 Å². The molecule has 1 amide bonds. The van der Waals surface area contributed by atoms with Crippen molar-refractivity contribution in [1.82, 2.24) is 10.3 Å². The summed E-state index contributed by atoms with van der Waals surface area (Å²) in [6, 6.07) is 11.7. The Hall–Kier alpha value is -3.27. The molecule has 0 bridgehead atoms. The minimum atomic E-state index is -0.162. The number of hydrogen-bond acceptors (Lipinski definition) is 8. The molecular formula is C22H23N5O3S. The lowest BCUT2D eigenvalue weighted by Gasteiger charge is -2.33. The second kappa shape index (κ2) is 10.7. The summed E-state index contributed by atoms with van der Waals surface area (Å²) in [6.07, 6.45) is 1.02. The number of nitrogens with one attached hydrogen (secondary N) is 1. The van der Waals surface area contributed by atoms with Crippen LogP contribution in [0.4, 0.5) is 5.82 Å². The van der Waals surface area contributed by atoms with Crippen LogP contribution < -0.4 is 15.0 Å². The summed E-state index contributed by atoms with van der Waals surface area (Å²) in [5.74, 6) is 1.20. The summed E-state index contributed by atoms with van der Waals surface area (Å²) in [7, 11) is 3.17. The molecule has 8 nitrogen and oxygen atoms in total. The summed E-state index contributed by atoms with van der Waals surface area (Å²) in [6.45, 7) is 2.52. The molecule has 1 aliphatic rings. The van der Waals surface area contributed by atoms with E-state index < -0.39 is 0 Å². The van der Waals surface area contributed by atoms with Crippen LogP contribution in [0.5, 0.6) is 5.75 Å². The Morgan fingerprint density at radius 1 is 1.19 bits per heavy atom. The first-order valence-electron chi connectivity index (χ1n) is 9.81. The number of aromatic nitrogens is 1. The van der Waals surface area contributed by atoms with E-state index in [0.29, 0.717) is 46.5 Å². The lowest BCUT2D eigenvalue weighted by molar-refractivity contribution is -0.118. The maximum absolute atomic E-state index is 11.8. The molecule has 0 spiro atoms. The molecule has 1 N–H and O–H groups in total. The van der Waals surface area contributed by atoms with Gasteiger partial charge in [0.25, 0.3) is 0 Å². The van der Waals surface area contributed by atoms with Crippen LogP contribution in [-0.4, -0.2) is 57.1 Å². The lowest BCUT2D eigenvalue weighted by Crippen LogP contribution is -2.38. The van der Waals surface area contributed by atoms with Crippen molar-refractivity contribution in [2.75, 3.05) is 51.1 Å². The summed E-state index contributed by atoms with van der Waals surface area (Å²) < 4.78 is 10.6. The van der Waals surface area contributed by atoms with Gasteiger partial charge in [0.1, 0.15) is 40.9 Å². The smallest absolute Gasteiger partial charge is 0.230 e. The third kappa shape index (κ3) is 5.08. The Morgan fingerprint density at radius 3 is 2.45 bits per heavy atom. The fourth-order valence-electron chi connectivity index (χ4n) is 3.08. The number of benzene rings is 1. The number of rotatable bonds is 9. The van der Waals surface area contributed by atoms with Gasteiger partial charge in [0.15, 0.2) is 0 Å². The van der Waals surface area contributed by atoms with Crippen LogP contribution in [0, 0.1) is 22.7 Å². The molecule has 1 aromatic heterocycles.